The van der Waals surface area contributed by atoms with Crippen molar-refractivity contribution >= 4 is 38.2 Å². The van der Waals surface area contributed by atoms with Gasteiger partial charge in [-0.2, -0.15) is 0 Å². The first-order valence-corrected chi connectivity index (χ1v) is 14.0. The van der Waals surface area contributed by atoms with Crippen molar-refractivity contribution in [2.24, 2.45) is 0 Å². The highest BCUT2D eigenvalue weighted by atomic mass is 16.7. The van der Waals surface area contributed by atoms with Crippen LogP contribution < -0.4 is 5.46 Å². The highest BCUT2D eigenvalue weighted by Gasteiger charge is 2.65. The highest BCUT2D eigenvalue weighted by Crippen LogP contribution is 2.48. The number of fused-ring (bicyclic) bond motifs is 1. The molecule has 2 atom stereocenters. The number of carbonyl (C=O) groups is 1. The maximum Gasteiger partial charge on any atom is 0.495 e. The molecule has 0 aromatic carbocycles. The Morgan fingerprint density at radius 2 is 1.32 bits per heavy atom. The number of imidazole rings is 1. The molecular weight excluding hydrogens is 513 g/mol. The average molecular weight is 554 g/mol. The summed E-state index contributed by atoms with van der Waals surface area (Å²) in [5.41, 5.74) is -1.72. The average Bonchev–Trinajstić information content (AvgIpc) is 3.51. The fourth-order valence-corrected chi connectivity index (χ4v) is 5.42. The molecule has 216 valence electrons. The topological polar surface area (TPSA) is 99.0 Å². The van der Waals surface area contributed by atoms with Gasteiger partial charge in [0.05, 0.1) is 40.7 Å². The van der Waals surface area contributed by atoms with Crippen LogP contribution in [0.2, 0.25) is 0 Å². The predicted octanol–water partition coefficient (Wildman–Crippen LogP) is 3.42. The van der Waals surface area contributed by atoms with Gasteiger partial charge in [-0.25, -0.2) is 9.78 Å². The van der Waals surface area contributed by atoms with E-state index in [2.05, 4.69) is 18.8 Å². The number of pyridine rings is 1. The summed E-state index contributed by atoms with van der Waals surface area (Å²) in [5, 5.41) is 0. The number of esters is 1. The molecule has 2 aromatic rings. The van der Waals surface area contributed by atoms with Crippen molar-refractivity contribution in [3.63, 3.8) is 0 Å². The van der Waals surface area contributed by atoms with E-state index in [-0.39, 0.29) is 5.69 Å². The van der Waals surface area contributed by atoms with Gasteiger partial charge < -0.3 is 37.1 Å². The van der Waals surface area contributed by atoms with Crippen molar-refractivity contribution in [2.75, 3.05) is 7.11 Å². The van der Waals surface area contributed by atoms with E-state index in [1.165, 1.54) is 7.11 Å². The Kier molecular flexibility index (Phi) is 6.89. The van der Waals surface area contributed by atoms with Crippen LogP contribution in [0.3, 0.4) is 0 Å². The van der Waals surface area contributed by atoms with Crippen molar-refractivity contribution < 1.29 is 37.5 Å². The van der Waals surface area contributed by atoms with Gasteiger partial charge in [0.2, 0.25) is 0 Å². The van der Waals surface area contributed by atoms with E-state index in [1.54, 1.807) is 10.6 Å². The molecule has 40 heavy (non-hydrogen) atoms. The molecule has 0 spiro atoms. The molecule has 5 rings (SSSR count). The van der Waals surface area contributed by atoms with Crippen LogP contribution in [0.15, 0.2) is 24.5 Å². The minimum absolute atomic E-state index is 0.242. The van der Waals surface area contributed by atoms with Gasteiger partial charge in [-0.1, -0.05) is 0 Å². The van der Waals surface area contributed by atoms with E-state index in [4.69, 9.17) is 32.7 Å². The number of hydrogen-bond acceptors (Lipinski definition) is 9. The summed E-state index contributed by atoms with van der Waals surface area (Å²) in [5.74, 6) is -0.484. The lowest BCUT2D eigenvalue weighted by molar-refractivity contribution is -0.0576. The Morgan fingerprint density at radius 1 is 0.800 bits per heavy atom. The van der Waals surface area contributed by atoms with Crippen LogP contribution in [-0.4, -0.2) is 77.2 Å². The van der Waals surface area contributed by atoms with Gasteiger partial charge in [0.25, 0.3) is 0 Å². The molecule has 0 amide bonds. The number of carbonyl (C=O) groups excluding carboxylic acids is 1. The van der Waals surface area contributed by atoms with Crippen molar-refractivity contribution in [1.82, 2.24) is 9.38 Å². The largest absolute Gasteiger partial charge is 0.495 e. The Hall–Kier alpha value is -1.89. The lowest BCUT2D eigenvalue weighted by atomic mass is 9.49. The zero-order chi connectivity index (χ0) is 29.5. The SMILES string of the molecule is COC(=O)c1cn2ccc(B3OC(C)(C)C(C)(CCC4(C)OB(B5OC(C)(C)C(C)(C)O5)OC4(C)C)O3)cc2n1. The van der Waals surface area contributed by atoms with Gasteiger partial charge in [-0.05, 0) is 99.7 Å². The molecule has 0 bridgehead atoms. The first-order valence-electron chi connectivity index (χ1n) is 14.0. The second kappa shape index (κ2) is 9.31. The molecule has 2 unspecified atom stereocenters. The molecule has 0 N–H and O–H groups in total. The predicted molar refractivity (Wildman–Crippen MR) is 152 cm³/mol. The molecular formula is C27H41B3N2O8. The van der Waals surface area contributed by atoms with Crippen LogP contribution in [-0.2, 0) is 32.7 Å². The van der Waals surface area contributed by atoms with Gasteiger partial charge >= 0.3 is 27.1 Å². The van der Waals surface area contributed by atoms with Crippen LogP contribution in [0, 0.1) is 0 Å². The van der Waals surface area contributed by atoms with Crippen molar-refractivity contribution in [1.29, 1.82) is 0 Å². The van der Waals surface area contributed by atoms with E-state index in [0.717, 1.165) is 5.46 Å². The zero-order valence-corrected chi connectivity index (χ0v) is 25.6. The highest BCUT2D eigenvalue weighted by molar-refractivity contribution is 7.11. The number of nitrogens with zero attached hydrogens (tertiary/aromatic N) is 2. The number of hydrogen-bond donors (Lipinski definition) is 0. The van der Waals surface area contributed by atoms with Crippen molar-refractivity contribution in [3.05, 3.63) is 30.2 Å². The second-order valence-corrected chi connectivity index (χ2v) is 13.6. The monoisotopic (exact) mass is 554 g/mol. The third kappa shape index (κ3) is 4.72. The standard InChI is InChI=1S/C27H41B3N2O8/c1-22(2)23(3,4)37-29(36-22)30-38-25(7,8)27(10,40-30)14-13-26(9)24(5,6)35-28(39-26)18-12-15-32-17-19(21(33)34-11)31-20(32)16-18/h12,15-17H,13-14H2,1-11H3. The fraction of sp³-hybridized carbons (Fsp3) is 0.704. The van der Waals surface area contributed by atoms with Gasteiger partial charge in [-0.3, -0.25) is 0 Å². The minimum Gasteiger partial charge on any atom is -0.464 e. The Bertz CT molecular complexity index is 1300. The van der Waals surface area contributed by atoms with E-state index in [0.29, 0.717) is 18.5 Å². The molecule has 3 saturated heterocycles. The number of aromatic nitrogens is 2. The van der Waals surface area contributed by atoms with Gasteiger partial charge in [0.1, 0.15) is 5.65 Å². The lowest BCUT2D eigenvalue weighted by Gasteiger charge is -2.42. The van der Waals surface area contributed by atoms with E-state index < -0.39 is 60.7 Å². The van der Waals surface area contributed by atoms with Crippen LogP contribution in [0.4, 0.5) is 0 Å². The molecule has 0 aliphatic carbocycles. The number of rotatable bonds is 6. The summed E-state index contributed by atoms with van der Waals surface area (Å²) < 4.78 is 45.1. The Morgan fingerprint density at radius 3 is 1.93 bits per heavy atom. The molecule has 10 nitrogen and oxygen atoms in total. The van der Waals surface area contributed by atoms with Crippen molar-refractivity contribution in [3.8, 4) is 0 Å². The normalized spacial score (nSPS) is 30.4. The lowest BCUT2D eigenvalue weighted by Crippen LogP contribution is -2.50. The Labute approximate surface area is 238 Å². The molecule has 3 fully saturated rings. The van der Waals surface area contributed by atoms with E-state index in [9.17, 15) is 4.79 Å². The molecule has 0 radical (unpaired) electrons. The second-order valence-electron chi connectivity index (χ2n) is 13.6. The van der Waals surface area contributed by atoms with Gasteiger partial charge in [0.15, 0.2) is 5.69 Å². The maximum absolute atomic E-state index is 11.9. The summed E-state index contributed by atoms with van der Waals surface area (Å²) in [7, 11) is -0.525. The number of methoxy groups -OCH3 is 1. The molecule has 0 saturated carbocycles. The summed E-state index contributed by atoms with van der Waals surface area (Å²) in [4.78, 5) is 16.3. The quantitative estimate of drug-likeness (QED) is 0.393. The smallest absolute Gasteiger partial charge is 0.464 e. The summed E-state index contributed by atoms with van der Waals surface area (Å²) in [6.07, 6.45) is 4.79. The summed E-state index contributed by atoms with van der Waals surface area (Å²) in [6, 6.07) is 3.78. The molecule has 3 aliphatic rings. The number of ether oxygens (including phenoxy) is 1. The van der Waals surface area contributed by atoms with Crippen molar-refractivity contribution in [2.45, 2.75) is 116 Å². The maximum atomic E-state index is 11.9. The first kappa shape index (κ1) is 29.6. The Balaban J connectivity index is 1.30. The van der Waals surface area contributed by atoms with Gasteiger partial charge in [0, 0.05) is 12.4 Å². The molecule has 2 aromatic heterocycles. The first-order chi connectivity index (χ1) is 18.3. The van der Waals surface area contributed by atoms with E-state index >= 15 is 0 Å². The zero-order valence-electron chi connectivity index (χ0n) is 25.6. The molecule has 5 heterocycles. The molecule has 13 heteroatoms. The summed E-state index contributed by atoms with van der Waals surface area (Å²) in [6.45, 7) is 20.4. The fourth-order valence-electron chi connectivity index (χ4n) is 5.42. The minimum atomic E-state index is -0.647. The van der Waals surface area contributed by atoms with E-state index in [1.807, 2.05) is 73.7 Å². The summed E-state index contributed by atoms with van der Waals surface area (Å²) >= 11 is 0. The van der Waals surface area contributed by atoms with Gasteiger partial charge in [-0.15, -0.1) is 0 Å². The van der Waals surface area contributed by atoms with Crippen LogP contribution in [0.1, 0.15) is 92.6 Å². The van der Waals surface area contributed by atoms with Crippen LogP contribution >= 0.6 is 0 Å². The third-order valence-corrected chi connectivity index (χ3v) is 9.83. The third-order valence-electron chi connectivity index (χ3n) is 9.83. The van der Waals surface area contributed by atoms with Crippen LogP contribution in [0.25, 0.3) is 5.65 Å². The van der Waals surface area contributed by atoms with Crippen LogP contribution in [0.5, 0.6) is 0 Å². The molecule has 3 aliphatic heterocycles.